The van der Waals surface area contributed by atoms with Gasteiger partial charge in [-0.2, -0.15) is 0 Å². The fourth-order valence-electron chi connectivity index (χ4n) is 1.96. The molecule has 1 heterocycles. The average Bonchev–Trinajstić information content (AvgIpc) is 2.81. The van der Waals surface area contributed by atoms with Crippen molar-refractivity contribution in [2.75, 3.05) is 6.61 Å². The van der Waals surface area contributed by atoms with E-state index in [0.717, 1.165) is 0 Å². The molecule has 0 aliphatic heterocycles. The lowest BCUT2D eigenvalue weighted by Gasteiger charge is -2.17. The van der Waals surface area contributed by atoms with Crippen LogP contribution < -0.4 is 0 Å². The van der Waals surface area contributed by atoms with E-state index in [1.807, 2.05) is 0 Å². The van der Waals surface area contributed by atoms with Crippen LogP contribution in [-0.4, -0.2) is 44.1 Å². The molecule has 0 aliphatic carbocycles. The Kier molecular flexibility index (Phi) is 3.84. The summed E-state index contributed by atoms with van der Waals surface area (Å²) in [5, 5.41) is 37.8. The van der Waals surface area contributed by atoms with Crippen LogP contribution in [0.3, 0.4) is 0 Å². The Morgan fingerprint density at radius 2 is 2.00 bits per heavy atom. The highest BCUT2D eigenvalue weighted by atomic mass is 16.4. The number of aliphatic hydroxyl groups is 3. The number of carboxylic acid groups (broad SMARTS) is 1. The zero-order valence-corrected chi connectivity index (χ0v) is 10.1. The summed E-state index contributed by atoms with van der Waals surface area (Å²) in [5.74, 6) is -1.06. The first kappa shape index (κ1) is 13.5. The lowest BCUT2D eigenvalue weighted by atomic mass is 10.0. The number of fused-ring (bicyclic) bond motifs is 1. The highest BCUT2D eigenvalue weighted by Crippen LogP contribution is 2.24. The molecule has 2 unspecified atom stereocenters. The third-order valence-electron chi connectivity index (χ3n) is 3.01. The lowest BCUT2D eigenvalue weighted by molar-refractivity contribution is 0.00429. The minimum atomic E-state index is -1.11. The third-order valence-corrected chi connectivity index (χ3v) is 3.01. The summed E-state index contributed by atoms with van der Waals surface area (Å²) in [6.07, 6.45) is -2.09. The van der Waals surface area contributed by atoms with Gasteiger partial charge in [-0.3, -0.25) is 0 Å². The van der Waals surface area contributed by atoms with Gasteiger partial charge in [0.2, 0.25) is 0 Å². The van der Waals surface area contributed by atoms with Crippen LogP contribution in [0.4, 0.5) is 0 Å². The number of aliphatic hydroxyl groups excluding tert-OH is 3. The standard InChI is InChI=1S/C13H15NO5/c15-4-3-11(16)12(17)7-1-2-9-8(5-7)6-10(14-9)13(18)19/h1-2,5-6,11-12,14-17H,3-4H2,(H,18,19). The maximum Gasteiger partial charge on any atom is 0.352 e. The second-order valence-electron chi connectivity index (χ2n) is 4.36. The van der Waals surface area contributed by atoms with Crippen molar-refractivity contribution in [3.8, 4) is 0 Å². The Balaban J connectivity index is 2.32. The van der Waals surface area contributed by atoms with Gasteiger partial charge in [0.05, 0.1) is 6.10 Å². The minimum Gasteiger partial charge on any atom is -0.477 e. The summed E-state index contributed by atoms with van der Waals surface area (Å²) >= 11 is 0. The Labute approximate surface area is 108 Å². The first-order chi connectivity index (χ1) is 9.02. The van der Waals surface area contributed by atoms with Crippen LogP contribution in [0.25, 0.3) is 10.9 Å². The van der Waals surface area contributed by atoms with Crippen molar-refractivity contribution in [1.29, 1.82) is 0 Å². The van der Waals surface area contributed by atoms with E-state index >= 15 is 0 Å². The summed E-state index contributed by atoms with van der Waals surface area (Å²) < 4.78 is 0. The molecule has 0 saturated heterocycles. The Hall–Kier alpha value is -1.89. The molecule has 0 aliphatic rings. The predicted molar refractivity (Wildman–Crippen MR) is 67.9 cm³/mol. The summed E-state index contributed by atoms with van der Waals surface area (Å²) in [7, 11) is 0. The molecule has 0 bridgehead atoms. The number of hydrogen-bond donors (Lipinski definition) is 5. The summed E-state index contributed by atoms with van der Waals surface area (Å²) in [6, 6.07) is 6.33. The van der Waals surface area contributed by atoms with Crippen molar-refractivity contribution in [3.05, 3.63) is 35.5 Å². The van der Waals surface area contributed by atoms with Crippen molar-refractivity contribution < 1.29 is 25.2 Å². The lowest BCUT2D eigenvalue weighted by Crippen LogP contribution is -2.19. The smallest absolute Gasteiger partial charge is 0.352 e. The summed E-state index contributed by atoms with van der Waals surface area (Å²) in [5.41, 5.74) is 1.19. The number of nitrogens with one attached hydrogen (secondary N) is 1. The SMILES string of the molecule is O=C(O)c1cc2cc(C(O)C(O)CCO)ccc2[nH]1. The van der Waals surface area contributed by atoms with Gasteiger partial charge in [0, 0.05) is 17.5 Å². The third kappa shape index (κ3) is 2.76. The largest absolute Gasteiger partial charge is 0.477 e. The molecule has 2 atom stereocenters. The number of carbonyl (C=O) groups is 1. The van der Waals surface area contributed by atoms with Gasteiger partial charge in [0.25, 0.3) is 0 Å². The summed E-state index contributed by atoms with van der Waals surface area (Å²) in [4.78, 5) is 13.6. The maximum atomic E-state index is 10.8. The topological polar surface area (TPSA) is 114 Å². The zero-order valence-electron chi connectivity index (χ0n) is 10.1. The van der Waals surface area contributed by atoms with Gasteiger partial charge in [0.15, 0.2) is 0 Å². The second kappa shape index (κ2) is 5.40. The molecule has 2 aromatic rings. The number of benzene rings is 1. The first-order valence-corrected chi connectivity index (χ1v) is 5.86. The van der Waals surface area contributed by atoms with E-state index in [4.69, 9.17) is 10.2 Å². The van der Waals surface area contributed by atoms with Crippen LogP contribution >= 0.6 is 0 Å². The first-order valence-electron chi connectivity index (χ1n) is 5.86. The number of carboxylic acids is 1. The van der Waals surface area contributed by atoms with Crippen LogP contribution in [0.15, 0.2) is 24.3 Å². The molecule has 6 heteroatoms. The summed E-state index contributed by atoms with van der Waals surface area (Å²) in [6.45, 7) is -0.214. The van der Waals surface area contributed by atoms with Crippen LogP contribution in [0.1, 0.15) is 28.6 Å². The molecule has 6 nitrogen and oxygen atoms in total. The highest BCUT2D eigenvalue weighted by Gasteiger charge is 2.18. The van der Waals surface area contributed by atoms with Crippen molar-refractivity contribution in [2.45, 2.75) is 18.6 Å². The van der Waals surface area contributed by atoms with Gasteiger partial charge in [0.1, 0.15) is 11.8 Å². The fraction of sp³-hybridized carbons (Fsp3) is 0.308. The Bertz CT molecular complexity index is 592. The van der Waals surface area contributed by atoms with Crippen LogP contribution in [-0.2, 0) is 0 Å². The molecule has 1 aromatic carbocycles. The number of H-pyrrole nitrogens is 1. The molecule has 0 saturated carbocycles. The number of rotatable bonds is 5. The quantitative estimate of drug-likeness (QED) is 0.544. The number of hydrogen-bond acceptors (Lipinski definition) is 4. The van der Waals surface area contributed by atoms with E-state index in [1.165, 1.54) is 6.07 Å². The van der Waals surface area contributed by atoms with E-state index in [-0.39, 0.29) is 18.7 Å². The van der Waals surface area contributed by atoms with Crippen molar-refractivity contribution in [2.24, 2.45) is 0 Å². The molecule has 0 amide bonds. The van der Waals surface area contributed by atoms with E-state index in [1.54, 1.807) is 18.2 Å². The average molecular weight is 265 g/mol. The van der Waals surface area contributed by atoms with E-state index < -0.39 is 18.2 Å². The van der Waals surface area contributed by atoms with Crippen molar-refractivity contribution in [1.82, 2.24) is 4.98 Å². The van der Waals surface area contributed by atoms with E-state index in [0.29, 0.717) is 16.5 Å². The number of aromatic carboxylic acids is 1. The van der Waals surface area contributed by atoms with Gasteiger partial charge < -0.3 is 25.4 Å². The number of aromatic amines is 1. The monoisotopic (exact) mass is 265 g/mol. The highest BCUT2D eigenvalue weighted by molar-refractivity contribution is 5.93. The van der Waals surface area contributed by atoms with Gasteiger partial charge in [-0.15, -0.1) is 0 Å². The maximum absolute atomic E-state index is 10.8. The minimum absolute atomic E-state index is 0.0672. The molecule has 0 fully saturated rings. The molecule has 5 N–H and O–H groups in total. The van der Waals surface area contributed by atoms with Crippen LogP contribution in [0.5, 0.6) is 0 Å². The predicted octanol–water partition coefficient (Wildman–Crippen LogP) is 0.643. The second-order valence-corrected chi connectivity index (χ2v) is 4.36. The van der Waals surface area contributed by atoms with Gasteiger partial charge in [-0.25, -0.2) is 4.79 Å². The zero-order chi connectivity index (χ0) is 14.0. The molecule has 0 spiro atoms. The van der Waals surface area contributed by atoms with Crippen LogP contribution in [0.2, 0.25) is 0 Å². The van der Waals surface area contributed by atoms with Gasteiger partial charge in [-0.1, -0.05) is 6.07 Å². The van der Waals surface area contributed by atoms with Gasteiger partial charge in [-0.05, 0) is 30.2 Å². The normalized spacial score (nSPS) is 14.5. The Morgan fingerprint density at radius 3 is 2.63 bits per heavy atom. The molecule has 1 aromatic heterocycles. The van der Waals surface area contributed by atoms with E-state index in [2.05, 4.69) is 4.98 Å². The molecule has 0 radical (unpaired) electrons. The number of aromatic nitrogens is 1. The molecular weight excluding hydrogens is 250 g/mol. The fourth-order valence-corrected chi connectivity index (χ4v) is 1.96. The van der Waals surface area contributed by atoms with E-state index in [9.17, 15) is 15.0 Å². The Morgan fingerprint density at radius 1 is 1.26 bits per heavy atom. The van der Waals surface area contributed by atoms with Crippen molar-refractivity contribution >= 4 is 16.9 Å². The molecule has 2 rings (SSSR count). The molecular formula is C13H15NO5. The molecule has 102 valence electrons. The molecule has 19 heavy (non-hydrogen) atoms. The van der Waals surface area contributed by atoms with Gasteiger partial charge >= 0.3 is 5.97 Å². The van der Waals surface area contributed by atoms with Crippen LogP contribution in [0, 0.1) is 0 Å². The van der Waals surface area contributed by atoms with Crippen molar-refractivity contribution in [3.63, 3.8) is 0 Å².